The van der Waals surface area contributed by atoms with Crippen LogP contribution in [-0.2, 0) is 6.42 Å². The fraction of sp³-hybridized carbons (Fsp3) is 0.400. The summed E-state index contributed by atoms with van der Waals surface area (Å²) in [5.41, 5.74) is 1.04. The summed E-state index contributed by atoms with van der Waals surface area (Å²) in [5, 5.41) is 1.32. The predicted octanol–water partition coefficient (Wildman–Crippen LogP) is 4.63. The van der Waals surface area contributed by atoms with Gasteiger partial charge in [0.15, 0.2) is 0 Å². The molecule has 1 rings (SSSR count). The fourth-order valence-corrected chi connectivity index (χ4v) is 2.18. The Morgan fingerprint density at radius 3 is 2.21 bits per heavy atom. The Balaban J connectivity index is 2.76. The van der Waals surface area contributed by atoms with Crippen molar-refractivity contribution in [3.05, 3.63) is 33.8 Å². The Morgan fingerprint density at radius 2 is 1.71 bits per heavy atom. The SMILES string of the molecule is ClCC(CCl)Cc1ccc(Cl)cc1Cl. The Labute approximate surface area is 104 Å². The molecule has 0 saturated carbocycles. The van der Waals surface area contributed by atoms with Crippen LogP contribution >= 0.6 is 46.4 Å². The average molecular weight is 272 g/mol. The van der Waals surface area contributed by atoms with E-state index in [9.17, 15) is 0 Å². The van der Waals surface area contributed by atoms with Crippen LogP contribution < -0.4 is 0 Å². The van der Waals surface area contributed by atoms with Gasteiger partial charge in [-0.3, -0.25) is 0 Å². The van der Waals surface area contributed by atoms with Crippen LogP contribution in [-0.4, -0.2) is 11.8 Å². The van der Waals surface area contributed by atoms with Crippen LogP contribution in [0, 0.1) is 5.92 Å². The second kappa shape index (κ2) is 6.07. The molecule has 0 atom stereocenters. The monoisotopic (exact) mass is 270 g/mol. The Morgan fingerprint density at radius 1 is 1.07 bits per heavy atom. The van der Waals surface area contributed by atoms with Gasteiger partial charge in [0.1, 0.15) is 0 Å². The number of rotatable bonds is 4. The van der Waals surface area contributed by atoms with Crippen LogP contribution in [0.2, 0.25) is 10.0 Å². The molecule has 0 aliphatic carbocycles. The summed E-state index contributed by atoms with van der Waals surface area (Å²) in [6, 6.07) is 5.47. The van der Waals surface area contributed by atoms with E-state index in [4.69, 9.17) is 46.4 Å². The van der Waals surface area contributed by atoms with Gasteiger partial charge in [-0.2, -0.15) is 0 Å². The van der Waals surface area contributed by atoms with E-state index in [1.807, 2.05) is 12.1 Å². The third kappa shape index (κ3) is 3.51. The molecule has 0 saturated heterocycles. The topological polar surface area (TPSA) is 0 Å². The lowest BCUT2D eigenvalue weighted by Crippen LogP contribution is -2.08. The van der Waals surface area contributed by atoms with E-state index >= 15 is 0 Å². The van der Waals surface area contributed by atoms with E-state index in [2.05, 4.69) is 0 Å². The first kappa shape index (κ1) is 12.4. The molecule has 0 heterocycles. The Kier molecular flexibility index (Phi) is 5.40. The number of hydrogen-bond acceptors (Lipinski definition) is 0. The largest absolute Gasteiger partial charge is 0.126 e. The molecule has 78 valence electrons. The van der Waals surface area contributed by atoms with Crippen molar-refractivity contribution in [3.63, 3.8) is 0 Å². The zero-order valence-corrected chi connectivity index (χ0v) is 10.5. The van der Waals surface area contributed by atoms with Crippen LogP contribution in [0.1, 0.15) is 5.56 Å². The van der Waals surface area contributed by atoms with Gasteiger partial charge in [-0.05, 0) is 30.0 Å². The molecule has 14 heavy (non-hydrogen) atoms. The number of benzene rings is 1. The first-order valence-corrected chi connectivity index (χ1v) is 6.05. The molecule has 0 unspecified atom stereocenters. The zero-order valence-electron chi connectivity index (χ0n) is 7.44. The highest BCUT2D eigenvalue weighted by molar-refractivity contribution is 6.35. The maximum absolute atomic E-state index is 6.02. The summed E-state index contributed by atoms with van der Waals surface area (Å²) in [5.74, 6) is 1.35. The van der Waals surface area contributed by atoms with Crippen molar-refractivity contribution in [2.75, 3.05) is 11.8 Å². The summed E-state index contributed by atoms with van der Waals surface area (Å²) in [6.45, 7) is 0. The van der Waals surface area contributed by atoms with Crippen molar-refractivity contribution in [2.24, 2.45) is 5.92 Å². The molecule has 0 radical (unpaired) electrons. The normalized spacial score (nSPS) is 10.9. The van der Waals surface area contributed by atoms with Crippen LogP contribution in [0.5, 0.6) is 0 Å². The van der Waals surface area contributed by atoms with Crippen molar-refractivity contribution in [2.45, 2.75) is 6.42 Å². The molecule has 0 bridgehead atoms. The van der Waals surface area contributed by atoms with Gasteiger partial charge >= 0.3 is 0 Å². The molecule has 0 aliphatic rings. The van der Waals surface area contributed by atoms with E-state index in [0.717, 1.165) is 12.0 Å². The summed E-state index contributed by atoms with van der Waals surface area (Å²) in [7, 11) is 0. The molecular weight excluding hydrogens is 262 g/mol. The lowest BCUT2D eigenvalue weighted by Gasteiger charge is -2.11. The first-order chi connectivity index (χ1) is 6.67. The van der Waals surface area contributed by atoms with Gasteiger partial charge in [0.25, 0.3) is 0 Å². The van der Waals surface area contributed by atoms with E-state index in [0.29, 0.717) is 21.8 Å². The molecule has 1 aromatic rings. The van der Waals surface area contributed by atoms with Gasteiger partial charge in [-0.15, -0.1) is 23.2 Å². The van der Waals surface area contributed by atoms with Crippen molar-refractivity contribution < 1.29 is 0 Å². The highest BCUT2D eigenvalue weighted by atomic mass is 35.5. The molecule has 0 nitrogen and oxygen atoms in total. The Hall–Kier alpha value is 0.380. The van der Waals surface area contributed by atoms with Crippen molar-refractivity contribution in [3.8, 4) is 0 Å². The summed E-state index contributed by atoms with van der Waals surface area (Å²) < 4.78 is 0. The number of alkyl halides is 2. The van der Waals surface area contributed by atoms with E-state index in [1.165, 1.54) is 0 Å². The lowest BCUT2D eigenvalue weighted by molar-refractivity contribution is 0.662. The van der Waals surface area contributed by atoms with Gasteiger partial charge < -0.3 is 0 Å². The zero-order chi connectivity index (χ0) is 10.6. The van der Waals surface area contributed by atoms with Gasteiger partial charge in [-0.25, -0.2) is 0 Å². The average Bonchev–Trinajstić information content (AvgIpc) is 2.17. The fourth-order valence-electron chi connectivity index (χ4n) is 1.15. The van der Waals surface area contributed by atoms with Crippen LogP contribution in [0.25, 0.3) is 0 Å². The molecule has 4 heteroatoms. The second-order valence-electron chi connectivity index (χ2n) is 3.11. The maximum Gasteiger partial charge on any atom is 0.0452 e. The minimum atomic E-state index is 0.261. The quantitative estimate of drug-likeness (QED) is 0.701. The molecular formula is C10H10Cl4. The molecule has 1 aromatic carbocycles. The third-order valence-electron chi connectivity index (χ3n) is 1.96. The van der Waals surface area contributed by atoms with E-state index in [-0.39, 0.29) is 5.92 Å². The van der Waals surface area contributed by atoms with Crippen LogP contribution in [0.15, 0.2) is 18.2 Å². The van der Waals surface area contributed by atoms with E-state index < -0.39 is 0 Å². The Bertz CT molecular complexity index is 294. The smallest absolute Gasteiger partial charge is 0.0452 e. The second-order valence-corrected chi connectivity index (χ2v) is 4.58. The highest BCUT2D eigenvalue weighted by Gasteiger charge is 2.09. The third-order valence-corrected chi connectivity index (χ3v) is 3.42. The lowest BCUT2D eigenvalue weighted by atomic mass is 10.0. The summed E-state index contributed by atoms with van der Waals surface area (Å²) in [4.78, 5) is 0. The van der Waals surface area contributed by atoms with Crippen molar-refractivity contribution in [1.82, 2.24) is 0 Å². The van der Waals surface area contributed by atoms with Gasteiger partial charge in [0, 0.05) is 21.8 Å². The number of hydrogen-bond donors (Lipinski definition) is 0. The molecule has 0 spiro atoms. The molecule has 0 amide bonds. The molecule has 0 N–H and O–H groups in total. The molecule has 0 fully saturated rings. The van der Waals surface area contributed by atoms with Crippen molar-refractivity contribution >= 4 is 46.4 Å². The minimum absolute atomic E-state index is 0.261. The van der Waals surface area contributed by atoms with E-state index in [1.54, 1.807) is 6.07 Å². The summed E-state index contributed by atoms with van der Waals surface area (Å²) in [6.07, 6.45) is 0.795. The number of halogens is 4. The van der Waals surface area contributed by atoms with Crippen LogP contribution in [0.4, 0.5) is 0 Å². The highest BCUT2D eigenvalue weighted by Crippen LogP contribution is 2.24. The van der Waals surface area contributed by atoms with Crippen LogP contribution in [0.3, 0.4) is 0 Å². The predicted molar refractivity (Wildman–Crippen MR) is 65.1 cm³/mol. The standard InChI is InChI=1S/C10H10Cl4/c11-5-7(6-12)3-8-1-2-9(13)4-10(8)14/h1-2,4,7H,3,5-6H2. The van der Waals surface area contributed by atoms with Gasteiger partial charge in [-0.1, -0.05) is 29.3 Å². The summed E-state index contributed by atoms with van der Waals surface area (Å²) >= 11 is 23.3. The van der Waals surface area contributed by atoms with Gasteiger partial charge in [0.05, 0.1) is 0 Å². The first-order valence-electron chi connectivity index (χ1n) is 4.23. The minimum Gasteiger partial charge on any atom is -0.126 e. The van der Waals surface area contributed by atoms with Crippen molar-refractivity contribution in [1.29, 1.82) is 0 Å². The van der Waals surface area contributed by atoms with Gasteiger partial charge in [0.2, 0.25) is 0 Å². The molecule has 0 aliphatic heterocycles. The molecule has 0 aromatic heterocycles. The maximum atomic E-state index is 6.02.